The van der Waals surface area contributed by atoms with Gasteiger partial charge in [-0.05, 0) is 31.5 Å². The maximum absolute atomic E-state index is 12.0. The third-order valence-corrected chi connectivity index (χ3v) is 2.80. The second kappa shape index (κ2) is 4.71. The van der Waals surface area contributed by atoms with Crippen molar-refractivity contribution >= 4 is 27.7 Å². The first kappa shape index (κ1) is 11.9. The highest BCUT2D eigenvalue weighted by Crippen LogP contribution is 2.18. The lowest BCUT2D eigenvalue weighted by atomic mass is 10.1. The van der Waals surface area contributed by atoms with Crippen LogP contribution in [0.5, 0.6) is 0 Å². The number of benzene rings is 1. The van der Waals surface area contributed by atoms with Crippen LogP contribution in [0.3, 0.4) is 0 Å². The van der Waals surface area contributed by atoms with Crippen molar-refractivity contribution in [1.29, 1.82) is 0 Å². The van der Waals surface area contributed by atoms with Crippen LogP contribution in [0.4, 0.5) is 5.88 Å². The van der Waals surface area contributed by atoms with E-state index in [9.17, 15) is 4.79 Å². The van der Waals surface area contributed by atoms with Crippen LogP contribution in [-0.4, -0.2) is 11.1 Å². The van der Waals surface area contributed by atoms with E-state index in [-0.39, 0.29) is 5.91 Å². The van der Waals surface area contributed by atoms with Crippen molar-refractivity contribution in [2.24, 2.45) is 0 Å². The fraction of sp³-hybridized carbons (Fsp3) is 0.167. The zero-order chi connectivity index (χ0) is 12.4. The van der Waals surface area contributed by atoms with Gasteiger partial charge in [0.25, 0.3) is 5.91 Å². The number of amides is 1. The monoisotopic (exact) mass is 294 g/mol. The van der Waals surface area contributed by atoms with Gasteiger partial charge in [-0.25, -0.2) is 0 Å². The van der Waals surface area contributed by atoms with Crippen molar-refractivity contribution in [3.05, 3.63) is 45.6 Å². The van der Waals surface area contributed by atoms with Crippen LogP contribution in [0, 0.1) is 13.8 Å². The van der Waals surface area contributed by atoms with Crippen LogP contribution >= 0.6 is 15.9 Å². The summed E-state index contributed by atoms with van der Waals surface area (Å²) < 4.78 is 5.80. The first-order chi connectivity index (χ1) is 8.06. The lowest BCUT2D eigenvalue weighted by Gasteiger charge is -2.05. The molecule has 17 heavy (non-hydrogen) atoms. The van der Waals surface area contributed by atoms with E-state index in [0.29, 0.717) is 11.4 Å². The molecular formula is C12H11BrN2O2. The third-order valence-electron chi connectivity index (χ3n) is 2.31. The van der Waals surface area contributed by atoms with Crippen molar-refractivity contribution in [3.8, 4) is 0 Å². The molecule has 5 heteroatoms. The molecule has 1 N–H and O–H groups in total. The van der Waals surface area contributed by atoms with Crippen molar-refractivity contribution < 1.29 is 9.32 Å². The van der Waals surface area contributed by atoms with Crippen molar-refractivity contribution in [2.75, 3.05) is 5.32 Å². The van der Waals surface area contributed by atoms with Crippen LogP contribution in [0.25, 0.3) is 0 Å². The van der Waals surface area contributed by atoms with Crippen LogP contribution in [-0.2, 0) is 0 Å². The largest absolute Gasteiger partial charge is 0.338 e. The van der Waals surface area contributed by atoms with Crippen molar-refractivity contribution in [2.45, 2.75) is 13.8 Å². The quantitative estimate of drug-likeness (QED) is 0.924. The average Bonchev–Trinajstić information content (AvgIpc) is 2.67. The zero-order valence-electron chi connectivity index (χ0n) is 9.45. The number of nitrogens with one attached hydrogen (secondary N) is 1. The molecule has 0 saturated heterocycles. The summed E-state index contributed by atoms with van der Waals surface area (Å²) in [6.45, 7) is 3.68. The second-order valence-corrected chi connectivity index (χ2v) is 4.66. The molecule has 0 bridgehead atoms. The molecule has 0 unspecified atom stereocenters. The van der Waals surface area contributed by atoms with Crippen LogP contribution in [0.15, 0.2) is 33.3 Å². The van der Waals surface area contributed by atoms with Gasteiger partial charge in [0.15, 0.2) is 0 Å². The first-order valence-electron chi connectivity index (χ1n) is 5.07. The fourth-order valence-electron chi connectivity index (χ4n) is 1.44. The number of carbonyl (C=O) groups excluding carboxylic acids is 1. The van der Waals surface area contributed by atoms with Gasteiger partial charge in [0.05, 0.1) is 5.69 Å². The molecule has 0 aliphatic carbocycles. The van der Waals surface area contributed by atoms with Gasteiger partial charge in [0, 0.05) is 16.1 Å². The molecule has 4 nitrogen and oxygen atoms in total. The summed E-state index contributed by atoms with van der Waals surface area (Å²) >= 11 is 3.34. The minimum absolute atomic E-state index is 0.208. The van der Waals surface area contributed by atoms with E-state index in [4.69, 9.17) is 4.52 Å². The molecule has 1 amide bonds. The number of rotatable bonds is 2. The molecule has 1 aromatic carbocycles. The number of carbonyl (C=O) groups is 1. The highest BCUT2D eigenvalue weighted by atomic mass is 79.9. The summed E-state index contributed by atoms with van der Waals surface area (Å²) in [6, 6.07) is 7.22. The van der Waals surface area contributed by atoms with Crippen LogP contribution in [0.2, 0.25) is 0 Å². The molecule has 2 aromatic rings. The Hall–Kier alpha value is -1.62. The topological polar surface area (TPSA) is 55.1 Å². The molecule has 0 radical (unpaired) electrons. The number of nitrogens with zero attached hydrogens (tertiary/aromatic N) is 1. The molecule has 1 aromatic heterocycles. The number of aryl methyl sites for hydroxylation is 2. The van der Waals surface area contributed by atoms with Gasteiger partial charge in [-0.2, -0.15) is 0 Å². The molecule has 0 fully saturated rings. The Kier molecular flexibility index (Phi) is 3.28. The Balaban J connectivity index is 2.22. The summed E-state index contributed by atoms with van der Waals surface area (Å²) in [7, 11) is 0. The summed E-state index contributed by atoms with van der Waals surface area (Å²) in [6.07, 6.45) is 0. The summed E-state index contributed by atoms with van der Waals surface area (Å²) in [5.74, 6) is 0.145. The molecule has 0 saturated carbocycles. The van der Waals surface area contributed by atoms with Gasteiger partial charge < -0.3 is 4.52 Å². The van der Waals surface area contributed by atoms with E-state index in [1.807, 2.05) is 19.1 Å². The minimum atomic E-state index is -0.208. The van der Waals surface area contributed by atoms with E-state index in [2.05, 4.69) is 26.4 Å². The number of hydrogen-bond donors (Lipinski definition) is 1. The van der Waals surface area contributed by atoms with E-state index in [1.165, 1.54) is 0 Å². The summed E-state index contributed by atoms with van der Waals surface area (Å²) in [5.41, 5.74) is 2.24. The lowest BCUT2D eigenvalue weighted by molar-refractivity contribution is 0.102. The van der Waals surface area contributed by atoms with E-state index in [0.717, 1.165) is 15.7 Å². The maximum atomic E-state index is 12.0. The Morgan fingerprint density at radius 1 is 1.35 bits per heavy atom. The van der Waals surface area contributed by atoms with Gasteiger partial charge in [-0.3, -0.25) is 10.1 Å². The van der Waals surface area contributed by atoms with E-state index in [1.54, 1.807) is 19.1 Å². The highest BCUT2D eigenvalue weighted by Gasteiger charge is 2.11. The molecule has 2 rings (SSSR count). The number of aromatic nitrogens is 1. The molecule has 0 aliphatic rings. The minimum Gasteiger partial charge on any atom is -0.338 e. The molecule has 1 heterocycles. The van der Waals surface area contributed by atoms with Gasteiger partial charge in [-0.1, -0.05) is 27.2 Å². The Bertz CT molecular complexity index is 563. The number of hydrogen-bond acceptors (Lipinski definition) is 3. The highest BCUT2D eigenvalue weighted by molar-refractivity contribution is 9.10. The maximum Gasteiger partial charge on any atom is 0.258 e. The zero-order valence-corrected chi connectivity index (χ0v) is 11.0. The molecule has 88 valence electrons. The standard InChI is InChI=1S/C12H11BrN2O2/c1-7-3-4-9(13)6-10(7)12(16)14-11-5-8(2)15-17-11/h3-6H,1-2H3,(H,14,16). The van der Waals surface area contributed by atoms with E-state index >= 15 is 0 Å². The van der Waals surface area contributed by atoms with E-state index < -0.39 is 0 Å². The smallest absolute Gasteiger partial charge is 0.258 e. The van der Waals surface area contributed by atoms with Crippen LogP contribution in [0.1, 0.15) is 21.6 Å². The Morgan fingerprint density at radius 3 is 2.76 bits per heavy atom. The summed E-state index contributed by atoms with van der Waals surface area (Å²) in [5, 5.41) is 6.36. The molecule has 0 aliphatic heterocycles. The Morgan fingerprint density at radius 2 is 2.12 bits per heavy atom. The molecular weight excluding hydrogens is 284 g/mol. The molecule has 0 spiro atoms. The number of anilines is 1. The SMILES string of the molecule is Cc1cc(NC(=O)c2cc(Br)ccc2C)on1. The van der Waals surface area contributed by atoms with Gasteiger partial charge >= 0.3 is 0 Å². The fourth-order valence-corrected chi connectivity index (χ4v) is 1.80. The summed E-state index contributed by atoms with van der Waals surface area (Å²) in [4.78, 5) is 12.0. The van der Waals surface area contributed by atoms with Crippen LogP contribution < -0.4 is 5.32 Å². The first-order valence-corrected chi connectivity index (χ1v) is 5.86. The number of halogens is 1. The van der Waals surface area contributed by atoms with Gasteiger partial charge in [0.1, 0.15) is 0 Å². The average molecular weight is 295 g/mol. The van der Waals surface area contributed by atoms with Crippen molar-refractivity contribution in [1.82, 2.24) is 5.16 Å². The Labute approximate surface area is 107 Å². The predicted octanol–water partition coefficient (Wildman–Crippen LogP) is 3.31. The molecule has 0 atom stereocenters. The predicted molar refractivity (Wildman–Crippen MR) is 68.1 cm³/mol. The lowest BCUT2D eigenvalue weighted by Crippen LogP contribution is -2.12. The third kappa shape index (κ3) is 2.74. The van der Waals surface area contributed by atoms with Gasteiger partial charge in [0.2, 0.25) is 5.88 Å². The normalized spacial score (nSPS) is 10.3. The van der Waals surface area contributed by atoms with Crippen molar-refractivity contribution in [3.63, 3.8) is 0 Å². The van der Waals surface area contributed by atoms with Gasteiger partial charge in [-0.15, -0.1) is 0 Å². The second-order valence-electron chi connectivity index (χ2n) is 3.75.